The number of aryl methyl sites for hydroxylation is 2. The number of pyridine rings is 1. The van der Waals surface area contributed by atoms with Gasteiger partial charge in [0.15, 0.2) is 5.82 Å². The van der Waals surface area contributed by atoms with Gasteiger partial charge in [-0.15, -0.1) is 5.10 Å². The summed E-state index contributed by atoms with van der Waals surface area (Å²) in [5.74, 6) is 0.844. The first-order valence-electron chi connectivity index (χ1n) is 12.5. The van der Waals surface area contributed by atoms with Crippen LogP contribution in [0.4, 0.5) is 0 Å². The zero-order valence-electron chi connectivity index (χ0n) is 21.4. The highest BCUT2D eigenvalue weighted by Crippen LogP contribution is 2.30. The van der Waals surface area contributed by atoms with Crippen LogP contribution in [0.3, 0.4) is 0 Å². The summed E-state index contributed by atoms with van der Waals surface area (Å²) in [6.45, 7) is 14.8. The Morgan fingerprint density at radius 3 is 2.76 bits per heavy atom. The maximum Gasteiger partial charge on any atom is 0.252 e. The Morgan fingerprint density at radius 2 is 2.09 bits per heavy atom. The second-order valence-electron chi connectivity index (χ2n) is 10.2. The Kier molecular flexibility index (Phi) is 7.19. The van der Waals surface area contributed by atoms with Gasteiger partial charge in [0, 0.05) is 25.3 Å². The molecule has 0 radical (unpaired) electrons. The molecule has 8 heteroatoms. The normalized spacial score (nSPS) is 17.7. The molecule has 3 aromatic rings. The minimum atomic E-state index is -0.197. The van der Waals surface area contributed by atoms with E-state index in [2.05, 4.69) is 79.1 Å². The lowest BCUT2D eigenvalue weighted by atomic mass is 10.0. The van der Waals surface area contributed by atoms with Gasteiger partial charge in [-0.05, 0) is 86.4 Å². The van der Waals surface area contributed by atoms with Crippen molar-refractivity contribution >= 4 is 10.9 Å². The lowest BCUT2D eigenvalue weighted by Gasteiger charge is -2.34. The van der Waals surface area contributed by atoms with Crippen LogP contribution in [0.2, 0.25) is 0 Å². The Labute approximate surface area is 201 Å². The van der Waals surface area contributed by atoms with Crippen LogP contribution >= 0.6 is 0 Å². The minimum absolute atomic E-state index is 0.0279. The summed E-state index contributed by atoms with van der Waals surface area (Å²) in [6.07, 6.45) is 4.00. The molecule has 1 saturated heterocycles. The Hall–Kier alpha value is -2.58. The molecule has 34 heavy (non-hydrogen) atoms. The topological polar surface area (TPSA) is 88.9 Å². The highest BCUT2D eigenvalue weighted by atomic mass is 16.5. The van der Waals surface area contributed by atoms with Gasteiger partial charge in [0.25, 0.3) is 5.56 Å². The van der Waals surface area contributed by atoms with E-state index in [0.717, 1.165) is 66.7 Å². The number of hydrogen-bond acceptors (Lipinski definition) is 6. The van der Waals surface area contributed by atoms with Crippen molar-refractivity contribution in [1.29, 1.82) is 0 Å². The van der Waals surface area contributed by atoms with Crippen molar-refractivity contribution in [3.05, 3.63) is 51.1 Å². The molecule has 0 saturated carbocycles. The number of tetrazole rings is 1. The minimum Gasteiger partial charge on any atom is -0.377 e. The van der Waals surface area contributed by atoms with E-state index in [4.69, 9.17) is 4.74 Å². The molecule has 0 bridgehead atoms. The van der Waals surface area contributed by atoms with Gasteiger partial charge in [0.05, 0.1) is 23.2 Å². The number of nitrogens with one attached hydrogen (secondary N) is 1. The fraction of sp³-hybridized carbons (Fsp3) is 0.615. The first-order valence-corrected chi connectivity index (χ1v) is 12.5. The SMILES string of the molecule is CC[C@@H](c1nnnn1C(C)(C)CC)N(Cc1cc2ccc(C)c(C)c2[nH]c1=O)C[C@@H]1CCCO1. The zero-order valence-corrected chi connectivity index (χ0v) is 21.4. The van der Waals surface area contributed by atoms with E-state index in [9.17, 15) is 4.79 Å². The van der Waals surface area contributed by atoms with Crippen LogP contribution in [0.15, 0.2) is 23.0 Å². The van der Waals surface area contributed by atoms with Gasteiger partial charge in [-0.2, -0.15) is 0 Å². The molecular weight excluding hydrogens is 428 g/mol. The molecule has 0 aliphatic carbocycles. The van der Waals surface area contributed by atoms with Crippen LogP contribution in [0.1, 0.15) is 81.9 Å². The zero-order chi connectivity index (χ0) is 24.5. The van der Waals surface area contributed by atoms with Gasteiger partial charge in [0.1, 0.15) is 0 Å². The predicted molar refractivity (Wildman–Crippen MR) is 134 cm³/mol. The van der Waals surface area contributed by atoms with Crippen molar-refractivity contribution in [3.63, 3.8) is 0 Å². The molecule has 8 nitrogen and oxygen atoms in total. The average molecular weight is 467 g/mol. The van der Waals surface area contributed by atoms with Crippen molar-refractivity contribution < 1.29 is 4.74 Å². The number of aromatic nitrogens is 5. The summed E-state index contributed by atoms with van der Waals surface area (Å²) >= 11 is 0. The summed E-state index contributed by atoms with van der Waals surface area (Å²) in [6, 6.07) is 6.21. The maximum atomic E-state index is 13.2. The molecule has 1 aromatic carbocycles. The van der Waals surface area contributed by atoms with Crippen molar-refractivity contribution in [2.24, 2.45) is 0 Å². The van der Waals surface area contributed by atoms with Crippen LogP contribution < -0.4 is 5.56 Å². The number of nitrogens with zero attached hydrogens (tertiary/aromatic N) is 5. The van der Waals surface area contributed by atoms with Crippen LogP contribution in [-0.4, -0.2) is 49.3 Å². The van der Waals surface area contributed by atoms with Gasteiger partial charge in [-0.25, -0.2) is 4.68 Å². The number of ether oxygens (including phenoxy) is 1. The van der Waals surface area contributed by atoms with Crippen LogP contribution in [0, 0.1) is 13.8 Å². The van der Waals surface area contributed by atoms with E-state index in [0.29, 0.717) is 6.54 Å². The molecule has 0 spiro atoms. The Balaban J connectivity index is 1.73. The van der Waals surface area contributed by atoms with Crippen molar-refractivity contribution in [3.8, 4) is 0 Å². The van der Waals surface area contributed by atoms with Crippen LogP contribution in [0.25, 0.3) is 10.9 Å². The summed E-state index contributed by atoms with van der Waals surface area (Å²) in [7, 11) is 0. The number of aromatic amines is 1. The smallest absolute Gasteiger partial charge is 0.252 e. The van der Waals surface area contributed by atoms with E-state index in [1.54, 1.807) is 0 Å². The molecule has 2 atom stereocenters. The van der Waals surface area contributed by atoms with Crippen molar-refractivity contribution in [1.82, 2.24) is 30.1 Å². The molecule has 4 rings (SSSR count). The fourth-order valence-corrected chi connectivity index (χ4v) is 4.84. The van der Waals surface area contributed by atoms with Gasteiger partial charge in [-0.1, -0.05) is 26.0 Å². The van der Waals surface area contributed by atoms with Crippen LogP contribution in [0.5, 0.6) is 0 Å². The van der Waals surface area contributed by atoms with E-state index in [-0.39, 0.29) is 23.2 Å². The molecule has 184 valence electrons. The standard InChI is InChI=1S/C26H38N6O2/c1-7-22(24-28-29-30-32(24)26(5,6)8-2)31(16-21-10-9-13-34-21)15-20-14-19-12-11-17(3)18(4)23(19)27-25(20)33/h11-12,14,21-22H,7-10,13,15-16H2,1-6H3,(H,27,33)/t21-,22-/m0/s1. The third kappa shape index (κ3) is 4.79. The van der Waals surface area contributed by atoms with Crippen LogP contribution in [-0.2, 0) is 16.8 Å². The molecule has 3 heterocycles. The first kappa shape index (κ1) is 24.5. The lowest BCUT2D eigenvalue weighted by Crippen LogP contribution is -2.39. The third-order valence-electron chi connectivity index (χ3n) is 7.52. The van der Waals surface area contributed by atoms with E-state index >= 15 is 0 Å². The van der Waals surface area contributed by atoms with Crippen molar-refractivity contribution in [2.45, 2.75) is 91.5 Å². The Bertz CT molecular complexity index is 1190. The second kappa shape index (κ2) is 9.96. The molecule has 2 aromatic heterocycles. The van der Waals surface area contributed by atoms with Gasteiger partial charge in [-0.3, -0.25) is 9.69 Å². The van der Waals surface area contributed by atoms with Gasteiger partial charge < -0.3 is 9.72 Å². The number of rotatable bonds is 9. The number of fused-ring (bicyclic) bond motifs is 1. The molecule has 0 unspecified atom stereocenters. The molecule has 1 fully saturated rings. The number of benzene rings is 1. The predicted octanol–water partition coefficient (Wildman–Crippen LogP) is 4.41. The lowest BCUT2D eigenvalue weighted by molar-refractivity contribution is 0.0475. The molecule has 1 aliphatic rings. The van der Waals surface area contributed by atoms with Gasteiger partial charge in [0.2, 0.25) is 0 Å². The Morgan fingerprint density at radius 1 is 1.29 bits per heavy atom. The highest BCUT2D eigenvalue weighted by molar-refractivity contribution is 5.83. The fourth-order valence-electron chi connectivity index (χ4n) is 4.84. The maximum absolute atomic E-state index is 13.2. The second-order valence-corrected chi connectivity index (χ2v) is 10.2. The highest BCUT2D eigenvalue weighted by Gasteiger charge is 2.32. The molecular formula is C26H38N6O2. The quantitative estimate of drug-likeness (QED) is 0.503. The number of H-pyrrole nitrogens is 1. The third-order valence-corrected chi connectivity index (χ3v) is 7.52. The van der Waals surface area contributed by atoms with E-state index < -0.39 is 0 Å². The summed E-state index contributed by atoms with van der Waals surface area (Å²) in [5.41, 5.74) is 3.72. The molecule has 0 amide bonds. The molecule has 1 N–H and O–H groups in total. The number of hydrogen-bond donors (Lipinski definition) is 1. The monoisotopic (exact) mass is 466 g/mol. The van der Waals surface area contributed by atoms with Gasteiger partial charge >= 0.3 is 0 Å². The average Bonchev–Trinajstić information content (AvgIpc) is 3.51. The van der Waals surface area contributed by atoms with Crippen molar-refractivity contribution in [2.75, 3.05) is 13.2 Å². The summed E-state index contributed by atoms with van der Waals surface area (Å²) in [4.78, 5) is 18.7. The molecule has 1 aliphatic heterocycles. The van der Waals surface area contributed by atoms with E-state index in [1.807, 2.05) is 10.7 Å². The largest absolute Gasteiger partial charge is 0.377 e. The summed E-state index contributed by atoms with van der Waals surface area (Å²) < 4.78 is 7.95. The summed E-state index contributed by atoms with van der Waals surface area (Å²) in [5, 5.41) is 13.9. The van der Waals surface area contributed by atoms with E-state index in [1.165, 1.54) is 5.56 Å². The first-order chi connectivity index (χ1) is 16.2.